The van der Waals surface area contributed by atoms with Crippen LogP contribution in [-0.2, 0) is 107 Å². The molecule has 135 heavy (non-hydrogen) atoms. The lowest BCUT2D eigenvalue weighted by Crippen LogP contribution is -2.62. The molecule has 15 atom stereocenters. The van der Waals surface area contributed by atoms with Gasteiger partial charge in [0.2, 0.25) is 100 Å². The van der Waals surface area contributed by atoms with Gasteiger partial charge in [-0.3, -0.25) is 86.9 Å². The van der Waals surface area contributed by atoms with Gasteiger partial charge in [0.1, 0.15) is 90.3 Å². The van der Waals surface area contributed by atoms with Crippen LogP contribution in [0.1, 0.15) is 127 Å². The number of aliphatic hydroxyl groups excluding tert-OH is 2. The number of imidazole rings is 1. The summed E-state index contributed by atoms with van der Waals surface area (Å²) >= 11 is 2.07. The second-order valence-electron chi connectivity index (χ2n) is 33.8. The van der Waals surface area contributed by atoms with Crippen LogP contribution in [-0.4, -0.2) is 324 Å². The zero-order valence-electron chi connectivity index (χ0n) is 76.2. The average Bonchev–Trinajstić information content (AvgIpc) is 1.72. The highest BCUT2D eigenvalue weighted by Gasteiger charge is 2.47. The number of aliphatic hydroxyl groups is 2. The van der Waals surface area contributed by atoms with Crippen molar-refractivity contribution < 1.29 is 96.8 Å². The molecule has 3 aliphatic rings. The Morgan fingerprint density at radius 1 is 0.563 bits per heavy atom. The Bertz CT molecular complexity index is 5210. The first-order valence-corrected chi connectivity index (χ1v) is 46.9. The van der Waals surface area contributed by atoms with E-state index in [-0.39, 0.29) is 88.7 Å². The predicted octanol–water partition coefficient (Wildman–Crippen LogP) is -3.89. The second kappa shape index (κ2) is 50.7. The van der Waals surface area contributed by atoms with Crippen molar-refractivity contribution in [3.8, 4) is 5.75 Å². The average molecular weight is 1910 g/mol. The molecule has 44 nitrogen and oxygen atoms in total. The molecule has 46 heteroatoms. The van der Waals surface area contributed by atoms with Crippen molar-refractivity contribution in [2.45, 2.75) is 221 Å². The number of likely N-dealkylation sites (N-methyl/N-ethyl adjacent to an activating group) is 3. The number of phenols is 1. The highest BCUT2D eigenvalue weighted by Crippen LogP contribution is 2.30. The number of H-pyrrole nitrogens is 2. The zero-order valence-corrected chi connectivity index (χ0v) is 77.8. The first-order chi connectivity index (χ1) is 64.4. The molecule has 0 radical (unpaired) electrons. The molecule has 732 valence electrons. The molecule has 3 fully saturated rings. The third-order valence-electron chi connectivity index (χ3n) is 23.9. The van der Waals surface area contributed by atoms with Gasteiger partial charge in [-0.2, -0.15) is 0 Å². The van der Waals surface area contributed by atoms with Crippen LogP contribution in [0.15, 0.2) is 96.9 Å². The maximum Gasteiger partial charge on any atom is 0.246 e. The van der Waals surface area contributed by atoms with E-state index in [0.29, 0.717) is 65.1 Å². The van der Waals surface area contributed by atoms with Gasteiger partial charge in [-0.25, -0.2) is 4.98 Å². The molecule has 3 aromatic heterocycles. The number of carbonyl (C=O) groups is 17. The summed E-state index contributed by atoms with van der Waals surface area (Å²) in [6, 6.07) is -2.58. The number of hydrogen-bond acceptors (Lipinski definition) is 25. The molecule has 3 saturated heterocycles. The van der Waals surface area contributed by atoms with Crippen molar-refractivity contribution in [1.29, 1.82) is 5.41 Å². The highest BCUT2D eigenvalue weighted by atomic mass is 32.2. The first-order valence-electron chi connectivity index (χ1n) is 44.8. The fraction of sp³-hybridized carbons (Fsp3) is 0.517. The topological polar surface area (TPSA) is 672 Å². The van der Waals surface area contributed by atoms with Crippen LogP contribution in [0.25, 0.3) is 21.0 Å². The Morgan fingerprint density at radius 3 is 1.81 bits per heavy atom. The SMILES string of the molecule is CCCC[C@H]1C(=O)N(C)[C@@H](CCCC)C(=O)N[C@@H](CNC(=N)N)C(=O)N[C@H](C(=O)NCC(N)=O)CSCC(=O)N[C@@H](Cc2ccc(O)cc2)C(=O)N(C)[C@@H](C)C(=O)N[C@@H](CC(N)=O)C(=O)N2CCC[C@H]2C(=O)N[C@@H](Cc2c[nH]cn2)C(=O)N[C@@H](CCCCN)C(=O)N2C[C@H](O)C[C@H]2C(=O)N[C@@H](Cc2c[nH]c3ccccc23)C(=O)N[C@@H](CO)C(=O)N[C@@H](Cc2csc3ccccc23)C(=O)N1C. The number of nitrogens with two attached hydrogens (primary N) is 4. The number of aromatic hydroxyl groups is 1. The van der Waals surface area contributed by atoms with Gasteiger partial charge in [-0.15, -0.1) is 23.1 Å². The van der Waals surface area contributed by atoms with Crippen molar-refractivity contribution in [2.24, 2.45) is 22.9 Å². The van der Waals surface area contributed by atoms with Crippen LogP contribution in [0.5, 0.6) is 5.75 Å². The van der Waals surface area contributed by atoms with Crippen molar-refractivity contribution >= 4 is 150 Å². The minimum absolute atomic E-state index is 0.0226. The summed E-state index contributed by atoms with van der Waals surface area (Å²) in [5.74, 6) is -18.4. The number of nitrogens with zero attached hydrogens (tertiary/aromatic N) is 6. The molecule has 3 aliphatic heterocycles. The maximum absolute atomic E-state index is 15.7. The minimum atomic E-state index is -1.90. The standard InChI is InChI=1S/C89H124N24O20S2/c1-7-9-22-67-81(126)106-64(40-98-89(93)94)79(124)108-66(76(121)97-41-73(92)118)45-134-46-74(119)100-61(32-49-26-28-53(115)29-27-49)84(129)109(4)48(3)75(120)104-63(37-72(91)117)87(132)112-31-17-24-68(112)82(127)103-60(35-52-39-95-47-99-52)78(123)101-58(21-15-16-30-90)86(131)113-42-54(116)36-70(113)83(128)102-59(33-50-38-96-57-20-13-11-18-55(50)57)77(122)107-65(43-114)80(125)105-62(34-51-44-135-71-25-14-12-19-56(51)71)85(130)111(6)69(23-10-8-2)88(133)110(67)5/h11-14,18-20,25-29,38-39,44,47-48,54,58-70,96,114-116H,7-10,15-17,21-24,30-37,40-43,45-46,90H2,1-6H3,(H2,91,117)(H2,92,118)(H,95,99)(H,97,121)(H,100,119)(H,101,123)(H,102,128)(H,103,127)(H,104,120)(H,105,125)(H,106,126)(H,107,122)(H,108,124)(H4,93,94,98)/t48-,54+,58-,59-,60-,61-,62-,63-,64-,65-,66-,67-,68-,69-,70-/m0/s1. The lowest BCUT2D eigenvalue weighted by atomic mass is 10.00. The van der Waals surface area contributed by atoms with E-state index in [9.17, 15) is 58.5 Å². The van der Waals surface area contributed by atoms with E-state index < -0.39 is 248 Å². The number of fused-ring (bicyclic) bond motifs is 4. The van der Waals surface area contributed by atoms with E-state index in [1.807, 2.05) is 26.0 Å². The summed E-state index contributed by atoms with van der Waals surface area (Å²) in [5, 5.41) is 72.7. The monoisotopic (exact) mass is 1910 g/mol. The van der Waals surface area contributed by atoms with Crippen LogP contribution >= 0.6 is 23.1 Å². The minimum Gasteiger partial charge on any atom is -0.508 e. The van der Waals surface area contributed by atoms with Crippen molar-refractivity contribution in [2.75, 3.05) is 72.0 Å². The van der Waals surface area contributed by atoms with Gasteiger partial charge < -0.3 is 131 Å². The quantitative estimate of drug-likeness (QED) is 0.0140. The number of aromatic amines is 2. The number of carbonyl (C=O) groups excluding carboxylic acids is 17. The van der Waals surface area contributed by atoms with E-state index in [1.165, 1.54) is 76.2 Å². The number of unbranched alkanes of at least 4 members (excludes halogenated alkanes) is 3. The number of primary amides is 2. The largest absolute Gasteiger partial charge is 0.508 e. The highest BCUT2D eigenvalue weighted by molar-refractivity contribution is 8.00. The number of phenolic OH excluding ortho intramolecular Hbond substituents is 1. The number of guanidine groups is 1. The molecular weight excluding hydrogens is 1790 g/mol. The molecule has 6 aromatic rings. The van der Waals surface area contributed by atoms with Crippen molar-refractivity contribution in [3.05, 3.63) is 119 Å². The van der Waals surface area contributed by atoms with Crippen LogP contribution < -0.4 is 81.4 Å². The zero-order chi connectivity index (χ0) is 98.4. The number of hydrogen-bond donors (Lipinski definition) is 21. The molecular formula is C89H124N24O20S2. The molecule has 0 unspecified atom stereocenters. The summed E-state index contributed by atoms with van der Waals surface area (Å²) in [5.41, 5.74) is 25.1. The second-order valence-corrected chi connectivity index (χ2v) is 35.8. The van der Waals surface area contributed by atoms with Gasteiger partial charge in [0, 0.05) is 107 Å². The van der Waals surface area contributed by atoms with Crippen LogP contribution in [0.4, 0.5) is 0 Å². The van der Waals surface area contributed by atoms with Crippen molar-refractivity contribution in [1.82, 2.24) is 97.9 Å². The van der Waals surface area contributed by atoms with Gasteiger partial charge in [-0.05, 0) is 110 Å². The lowest BCUT2D eigenvalue weighted by molar-refractivity contribution is -0.149. The number of thiophene rings is 1. The Morgan fingerprint density at radius 2 is 1.15 bits per heavy atom. The van der Waals surface area contributed by atoms with E-state index in [4.69, 9.17) is 28.3 Å². The number of aromatic nitrogens is 3. The van der Waals surface area contributed by atoms with Gasteiger partial charge in [0.15, 0.2) is 5.96 Å². The number of nitrogens with one attached hydrogen (secondary N) is 14. The Kier molecular flexibility index (Phi) is 39.5. The number of benzene rings is 3. The fourth-order valence-corrected chi connectivity index (χ4v) is 18.2. The summed E-state index contributed by atoms with van der Waals surface area (Å²) < 4.78 is 0.803. The fourth-order valence-electron chi connectivity index (χ4n) is 16.4. The van der Waals surface area contributed by atoms with E-state index in [1.54, 1.807) is 48.0 Å². The normalized spacial score (nSPS) is 24.7. The summed E-state index contributed by atoms with van der Waals surface area (Å²) in [6.45, 7) is 1.96. The molecule has 9 rings (SSSR count). The van der Waals surface area contributed by atoms with E-state index in [2.05, 4.69) is 73.4 Å². The molecule has 0 aliphatic carbocycles. The number of para-hydroxylation sites is 1. The summed E-state index contributed by atoms with van der Waals surface area (Å²) in [7, 11) is 3.86. The van der Waals surface area contributed by atoms with Gasteiger partial charge in [0.25, 0.3) is 0 Å². The molecule has 17 amide bonds. The molecule has 6 heterocycles. The molecule has 0 bridgehead atoms. The van der Waals surface area contributed by atoms with E-state index in [0.717, 1.165) is 41.0 Å². The molecule has 0 saturated carbocycles. The molecule has 3 aromatic carbocycles. The summed E-state index contributed by atoms with van der Waals surface area (Å²) in [4.78, 5) is 266. The number of thioether (sulfide) groups is 1. The van der Waals surface area contributed by atoms with Crippen molar-refractivity contribution in [3.63, 3.8) is 0 Å². The molecule has 25 N–H and O–H groups in total. The van der Waals surface area contributed by atoms with Crippen LogP contribution in [0.2, 0.25) is 0 Å². The van der Waals surface area contributed by atoms with Crippen LogP contribution in [0, 0.1) is 5.41 Å². The molecule has 0 spiro atoms. The third kappa shape index (κ3) is 29.3. The lowest BCUT2D eigenvalue weighted by Gasteiger charge is -2.36. The van der Waals surface area contributed by atoms with E-state index >= 15 is 38.4 Å². The van der Waals surface area contributed by atoms with Crippen LogP contribution in [0.3, 0.4) is 0 Å². The third-order valence-corrected chi connectivity index (χ3v) is 26.0. The Balaban J connectivity index is 1.10. The Labute approximate surface area is 787 Å². The van der Waals surface area contributed by atoms with Gasteiger partial charge in [-0.1, -0.05) is 88.1 Å². The smallest absolute Gasteiger partial charge is 0.246 e. The maximum atomic E-state index is 15.7. The van der Waals surface area contributed by atoms with Gasteiger partial charge in [0.05, 0.1) is 43.5 Å². The predicted molar refractivity (Wildman–Crippen MR) is 498 cm³/mol. The summed E-state index contributed by atoms with van der Waals surface area (Å²) in [6.07, 6.45) is 2.56. The van der Waals surface area contributed by atoms with Gasteiger partial charge >= 0.3 is 0 Å². The number of amides is 17. The first kappa shape index (κ1) is 105. The number of rotatable bonds is 26. The Hall–Kier alpha value is -13.3.